The van der Waals surface area contributed by atoms with Crippen LogP contribution in [0.2, 0.25) is 5.02 Å². The van der Waals surface area contributed by atoms with E-state index in [4.69, 9.17) is 16.3 Å². The molecule has 1 aliphatic heterocycles. The predicted octanol–water partition coefficient (Wildman–Crippen LogP) is 2.52. The van der Waals surface area contributed by atoms with Gasteiger partial charge in [0.25, 0.3) is 0 Å². The van der Waals surface area contributed by atoms with Crippen LogP contribution in [-0.2, 0) is 21.2 Å². The maximum atomic E-state index is 12.4. The first-order valence-electron chi connectivity index (χ1n) is 8.06. The molecule has 1 aliphatic rings. The van der Waals surface area contributed by atoms with Crippen LogP contribution in [0.5, 0.6) is 5.75 Å². The second kappa shape index (κ2) is 7.26. The minimum atomic E-state index is -3.68. The normalized spacial score (nSPS) is 13.8. The maximum Gasteiger partial charge on any atom is 0.240 e. The Hall–Kier alpha value is -2.09. The van der Waals surface area contributed by atoms with Crippen molar-refractivity contribution in [3.63, 3.8) is 0 Å². The molecule has 0 fully saturated rings. The lowest BCUT2D eigenvalue weighted by Crippen LogP contribution is -2.28. The largest absolute Gasteiger partial charge is 0.491 e. The van der Waals surface area contributed by atoms with Crippen molar-refractivity contribution in [2.75, 3.05) is 25.1 Å². The summed E-state index contributed by atoms with van der Waals surface area (Å²) < 4.78 is 32.9. The molecule has 1 amide bonds. The molecule has 2 aromatic carbocycles. The third-order valence-electron chi connectivity index (χ3n) is 4.18. The molecule has 0 spiro atoms. The molecule has 0 unspecified atom stereocenters. The summed E-state index contributed by atoms with van der Waals surface area (Å²) in [6, 6.07) is 10.1. The van der Waals surface area contributed by atoms with Crippen LogP contribution in [-0.4, -0.2) is 34.5 Å². The number of hydrogen-bond acceptors (Lipinski definition) is 4. The van der Waals surface area contributed by atoms with Crippen molar-refractivity contribution in [1.29, 1.82) is 0 Å². The molecule has 0 bridgehead atoms. The molecule has 0 atom stereocenters. The molecule has 3 rings (SSSR count). The molecule has 2 aromatic rings. The SMILES string of the molecule is Cc1ccc(Cl)c(OCCNS(=O)(=O)c2ccc3c(c2)CC(=O)N3C)c1. The number of carbonyl (C=O) groups excluding carboxylic acids is 1. The van der Waals surface area contributed by atoms with Gasteiger partial charge in [-0.15, -0.1) is 0 Å². The fourth-order valence-corrected chi connectivity index (χ4v) is 3.99. The number of nitrogens with one attached hydrogen (secondary N) is 1. The fourth-order valence-electron chi connectivity index (χ4n) is 2.76. The van der Waals surface area contributed by atoms with Crippen molar-refractivity contribution in [1.82, 2.24) is 4.72 Å². The van der Waals surface area contributed by atoms with E-state index in [-0.39, 0.29) is 30.4 Å². The minimum absolute atomic E-state index is 0.0501. The van der Waals surface area contributed by atoms with Crippen LogP contribution >= 0.6 is 11.6 Å². The average molecular weight is 395 g/mol. The van der Waals surface area contributed by atoms with Crippen molar-refractivity contribution in [3.05, 3.63) is 52.5 Å². The van der Waals surface area contributed by atoms with Gasteiger partial charge in [-0.05, 0) is 48.4 Å². The Morgan fingerprint density at radius 2 is 2.00 bits per heavy atom. The highest BCUT2D eigenvalue weighted by molar-refractivity contribution is 7.89. The molecule has 138 valence electrons. The molecule has 0 saturated heterocycles. The zero-order valence-corrected chi connectivity index (χ0v) is 16.0. The van der Waals surface area contributed by atoms with Crippen molar-refractivity contribution in [2.24, 2.45) is 0 Å². The Kier molecular flexibility index (Phi) is 5.22. The topological polar surface area (TPSA) is 75.7 Å². The molecule has 6 nitrogen and oxygen atoms in total. The van der Waals surface area contributed by atoms with Crippen molar-refractivity contribution in [2.45, 2.75) is 18.2 Å². The smallest absolute Gasteiger partial charge is 0.240 e. The van der Waals surface area contributed by atoms with Crippen LogP contribution in [0, 0.1) is 6.92 Å². The van der Waals surface area contributed by atoms with Crippen LogP contribution < -0.4 is 14.4 Å². The number of halogens is 1. The van der Waals surface area contributed by atoms with Gasteiger partial charge >= 0.3 is 0 Å². The van der Waals surface area contributed by atoms with Crippen LogP contribution in [0.25, 0.3) is 0 Å². The number of benzene rings is 2. The van der Waals surface area contributed by atoms with Crippen LogP contribution in [0.3, 0.4) is 0 Å². The van der Waals surface area contributed by atoms with E-state index in [0.717, 1.165) is 11.3 Å². The molecule has 8 heteroatoms. The summed E-state index contributed by atoms with van der Waals surface area (Å²) >= 11 is 6.04. The molecule has 0 saturated carbocycles. The molecule has 1 N–H and O–H groups in total. The number of nitrogens with zero attached hydrogens (tertiary/aromatic N) is 1. The summed E-state index contributed by atoms with van der Waals surface area (Å²) in [7, 11) is -2.01. The number of hydrogen-bond donors (Lipinski definition) is 1. The van der Waals surface area contributed by atoms with Gasteiger partial charge in [0.05, 0.1) is 16.3 Å². The Morgan fingerprint density at radius 3 is 2.77 bits per heavy atom. The molecule has 26 heavy (non-hydrogen) atoms. The third-order valence-corrected chi connectivity index (χ3v) is 5.95. The molecule has 0 aromatic heterocycles. The van der Waals surface area contributed by atoms with E-state index < -0.39 is 10.0 Å². The van der Waals surface area contributed by atoms with Gasteiger partial charge < -0.3 is 9.64 Å². The number of amides is 1. The first kappa shape index (κ1) is 18.7. The van der Waals surface area contributed by atoms with E-state index in [1.54, 1.807) is 25.2 Å². The molecule has 0 aliphatic carbocycles. The van der Waals surface area contributed by atoms with Gasteiger partial charge in [0, 0.05) is 19.3 Å². The van der Waals surface area contributed by atoms with E-state index in [9.17, 15) is 13.2 Å². The average Bonchev–Trinajstić information content (AvgIpc) is 2.88. The first-order chi connectivity index (χ1) is 12.3. The maximum absolute atomic E-state index is 12.4. The van der Waals surface area contributed by atoms with Gasteiger partial charge in [-0.25, -0.2) is 13.1 Å². The van der Waals surface area contributed by atoms with E-state index in [0.29, 0.717) is 16.3 Å². The number of ether oxygens (including phenoxy) is 1. The van der Waals surface area contributed by atoms with Crippen LogP contribution in [0.1, 0.15) is 11.1 Å². The highest BCUT2D eigenvalue weighted by Gasteiger charge is 2.26. The Balaban J connectivity index is 1.62. The standard InChI is InChI=1S/C18H19ClN2O4S/c1-12-3-5-15(19)17(9-12)25-8-7-20-26(23,24)14-4-6-16-13(10-14)11-18(22)21(16)2/h3-6,9-10,20H,7-8,11H2,1-2H3. The summed E-state index contributed by atoms with van der Waals surface area (Å²) in [4.78, 5) is 13.4. The fraction of sp³-hybridized carbons (Fsp3) is 0.278. The lowest BCUT2D eigenvalue weighted by Gasteiger charge is -2.12. The van der Waals surface area contributed by atoms with Gasteiger partial charge in [0.15, 0.2) is 0 Å². The number of aryl methyl sites for hydroxylation is 1. The summed E-state index contributed by atoms with van der Waals surface area (Å²) in [5.74, 6) is 0.468. The lowest BCUT2D eigenvalue weighted by atomic mass is 10.2. The van der Waals surface area contributed by atoms with Crippen LogP contribution in [0.15, 0.2) is 41.3 Å². The zero-order valence-electron chi connectivity index (χ0n) is 14.5. The third kappa shape index (κ3) is 3.85. The van der Waals surface area contributed by atoms with Crippen molar-refractivity contribution in [3.8, 4) is 5.75 Å². The highest BCUT2D eigenvalue weighted by Crippen LogP contribution is 2.29. The number of likely N-dealkylation sites (N-methyl/N-ethyl adjacent to an activating group) is 1. The van der Waals surface area contributed by atoms with Crippen LogP contribution in [0.4, 0.5) is 5.69 Å². The van der Waals surface area contributed by atoms with Gasteiger partial charge in [-0.2, -0.15) is 0 Å². The first-order valence-corrected chi connectivity index (χ1v) is 9.92. The van der Waals surface area contributed by atoms with E-state index in [2.05, 4.69) is 4.72 Å². The molecular formula is C18H19ClN2O4S. The number of rotatable bonds is 6. The molecule has 1 heterocycles. The number of anilines is 1. The van der Waals surface area contributed by atoms with E-state index in [1.165, 1.54) is 17.0 Å². The highest BCUT2D eigenvalue weighted by atomic mass is 35.5. The number of fused-ring (bicyclic) bond motifs is 1. The quantitative estimate of drug-likeness (QED) is 0.764. The zero-order chi connectivity index (χ0) is 18.9. The Bertz CT molecular complexity index is 960. The minimum Gasteiger partial charge on any atom is -0.491 e. The van der Waals surface area contributed by atoms with Gasteiger partial charge in [0.2, 0.25) is 15.9 Å². The van der Waals surface area contributed by atoms with E-state index in [1.807, 2.05) is 13.0 Å². The van der Waals surface area contributed by atoms with Crippen molar-refractivity contribution >= 4 is 33.2 Å². The summed E-state index contributed by atoms with van der Waals surface area (Å²) in [5, 5.41) is 0.478. The van der Waals surface area contributed by atoms with Gasteiger partial charge in [-0.1, -0.05) is 17.7 Å². The molecular weight excluding hydrogens is 376 g/mol. The lowest BCUT2D eigenvalue weighted by molar-refractivity contribution is -0.117. The summed E-state index contributed by atoms with van der Waals surface area (Å²) in [5.41, 5.74) is 2.46. The van der Waals surface area contributed by atoms with Gasteiger partial charge in [-0.3, -0.25) is 4.79 Å². The Labute approximate surface area is 157 Å². The van der Waals surface area contributed by atoms with Gasteiger partial charge in [0.1, 0.15) is 12.4 Å². The second-order valence-corrected chi connectivity index (χ2v) is 8.27. The summed E-state index contributed by atoms with van der Waals surface area (Å²) in [6.07, 6.45) is 0.212. The predicted molar refractivity (Wildman–Crippen MR) is 100 cm³/mol. The van der Waals surface area contributed by atoms with Crippen molar-refractivity contribution < 1.29 is 17.9 Å². The number of sulfonamides is 1. The molecule has 0 radical (unpaired) electrons. The second-order valence-electron chi connectivity index (χ2n) is 6.10. The summed E-state index contributed by atoms with van der Waals surface area (Å²) in [6.45, 7) is 2.17. The Morgan fingerprint density at radius 1 is 1.23 bits per heavy atom. The van der Waals surface area contributed by atoms with E-state index >= 15 is 0 Å². The number of carbonyl (C=O) groups is 1. The monoisotopic (exact) mass is 394 g/mol.